The highest BCUT2D eigenvalue weighted by molar-refractivity contribution is 4.76. The van der Waals surface area contributed by atoms with Crippen molar-refractivity contribution < 1.29 is 0 Å². The fraction of sp³-hybridized carbons (Fsp3) is 1.00. The van der Waals surface area contributed by atoms with Crippen molar-refractivity contribution in [2.45, 2.75) is 52.0 Å². The summed E-state index contributed by atoms with van der Waals surface area (Å²) in [6.07, 6.45) is 6.74. The van der Waals surface area contributed by atoms with Crippen LogP contribution in [0, 0.1) is 0 Å². The van der Waals surface area contributed by atoms with E-state index in [1.54, 1.807) is 0 Å². The van der Waals surface area contributed by atoms with Crippen LogP contribution in [0.4, 0.5) is 0 Å². The molecule has 1 aliphatic heterocycles. The second-order valence-electron chi connectivity index (χ2n) is 4.39. The van der Waals surface area contributed by atoms with E-state index in [1.807, 2.05) is 0 Å². The van der Waals surface area contributed by atoms with Crippen molar-refractivity contribution in [3.63, 3.8) is 0 Å². The van der Waals surface area contributed by atoms with Gasteiger partial charge in [0.1, 0.15) is 0 Å². The van der Waals surface area contributed by atoms with Gasteiger partial charge in [0.15, 0.2) is 0 Å². The number of rotatable bonds is 5. The molecule has 1 rings (SSSR count). The van der Waals surface area contributed by atoms with Crippen LogP contribution >= 0.6 is 0 Å². The van der Waals surface area contributed by atoms with E-state index < -0.39 is 0 Å². The van der Waals surface area contributed by atoms with E-state index in [-0.39, 0.29) is 0 Å². The average molecular weight is 198 g/mol. The molecule has 0 unspecified atom stereocenters. The second-order valence-corrected chi connectivity index (χ2v) is 4.39. The lowest BCUT2D eigenvalue weighted by atomic mass is 10.1. The van der Waals surface area contributed by atoms with Crippen LogP contribution in [-0.2, 0) is 0 Å². The summed E-state index contributed by atoms with van der Waals surface area (Å²) in [5.74, 6) is 0. The molecule has 0 bridgehead atoms. The van der Waals surface area contributed by atoms with Gasteiger partial charge in [-0.1, -0.05) is 20.3 Å². The topological polar surface area (TPSA) is 15.3 Å². The number of nitrogens with one attached hydrogen (secondary N) is 1. The summed E-state index contributed by atoms with van der Waals surface area (Å²) in [7, 11) is 0. The van der Waals surface area contributed by atoms with Gasteiger partial charge in [-0.25, -0.2) is 0 Å². The molecule has 1 fully saturated rings. The van der Waals surface area contributed by atoms with Crippen molar-refractivity contribution >= 4 is 0 Å². The van der Waals surface area contributed by atoms with Gasteiger partial charge >= 0.3 is 0 Å². The summed E-state index contributed by atoms with van der Waals surface area (Å²) in [5, 5.41) is 3.55. The maximum absolute atomic E-state index is 3.55. The van der Waals surface area contributed by atoms with Crippen LogP contribution in [-0.4, -0.2) is 37.1 Å². The SMILES string of the molecule is CCCN(CCC)[C@H]1CCCCNC1. The minimum atomic E-state index is 0.803. The van der Waals surface area contributed by atoms with Crippen molar-refractivity contribution in [2.24, 2.45) is 0 Å². The molecule has 1 aliphatic rings. The molecule has 1 saturated heterocycles. The average Bonchev–Trinajstić information content (AvgIpc) is 2.45. The zero-order valence-electron chi connectivity index (χ0n) is 9.89. The zero-order valence-corrected chi connectivity index (χ0v) is 9.89. The molecule has 2 nitrogen and oxygen atoms in total. The van der Waals surface area contributed by atoms with Crippen LogP contribution in [0.15, 0.2) is 0 Å². The summed E-state index contributed by atoms with van der Waals surface area (Å²) < 4.78 is 0. The van der Waals surface area contributed by atoms with E-state index in [9.17, 15) is 0 Å². The lowest BCUT2D eigenvalue weighted by Crippen LogP contribution is -2.42. The van der Waals surface area contributed by atoms with Gasteiger partial charge in [0.05, 0.1) is 0 Å². The lowest BCUT2D eigenvalue weighted by molar-refractivity contribution is 0.187. The Morgan fingerprint density at radius 2 is 1.86 bits per heavy atom. The van der Waals surface area contributed by atoms with Gasteiger partial charge in [-0.3, -0.25) is 4.90 Å². The Morgan fingerprint density at radius 3 is 2.50 bits per heavy atom. The number of hydrogen-bond acceptors (Lipinski definition) is 2. The number of hydrogen-bond donors (Lipinski definition) is 1. The minimum Gasteiger partial charge on any atom is -0.315 e. The first-order valence-electron chi connectivity index (χ1n) is 6.33. The van der Waals surface area contributed by atoms with Crippen molar-refractivity contribution in [2.75, 3.05) is 26.2 Å². The van der Waals surface area contributed by atoms with E-state index in [1.165, 1.54) is 58.3 Å². The third-order valence-electron chi connectivity index (χ3n) is 3.06. The van der Waals surface area contributed by atoms with E-state index in [0.717, 1.165) is 6.04 Å². The first-order chi connectivity index (χ1) is 6.88. The first kappa shape index (κ1) is 12.0. The molecular formula is C12H26N2. The predicted octanol–water partition coefficient (Wildman–Crippen LogP) is 2.25. The summed E-state index contributed by atoms with van der Waals surface area (Å²) in [5.41, 5.74) is 0. The molecule has 0 aromatic rings. The van der Waals surface area contributed by atoms with Gasteiger partial charge in [-0.15, -0.1) is 0 Å². The molecule has 84 valence electrons. The minimum absolute atomic E-state index is 0.803. The summed E-state index contributed by atoms with van der Waals surface area (Å²) in [4.78, 5) is 2.68. The van der Waals surface area contributed by atoms with Gasteiger partial charge in [0, 0.05) is 12.6 Å². The van der Waals surface area contributed by atoms with Crippen LogP contribution in [0.5, 0.6) is 0 Å². The third-order valence-corrected chi connectivity index (χ3v) is 3.06. The van der Waals surface area contributed by atoms with Crippen LogP contribution in [0.25, 0.3) is 0 Å². The summed E-state index contributed by atoms with van der Waals surface area (Å²) >= 11 is 0. The van der Waals surface area contributed by atoms with Crippen LogP contribution in [0.1, 0.15) is 46.0 Å². The molecule has 0 radical (unpaired) electrons. The maximum atomic E-state index is 3.55. The van der Waals surface area contributed by atoms with Crippen molar-refractivity contribution in [1.82, 2.24) is 10.2 Å². The Bertz CT molecular complexity index is 122. The van der Waals surface area contributed by atoms with E-state index in [0.29, 0.717) is 0 Å². The van der Waals surface area contributed by atoms with Crippen LogP contribution in [0.3, 0.4) is 0 Å². The first-order valence-corrected chi connectivity index (χ1v) is 6.33. The molecule has 0 aromatic heterocycles. The van der Waals surface area contributed by atoms with Crippen molar-refractivity contribution in [1.29, 1.82) is 0 Å². The van der Waals surface area contributed by atoms with Gasteiger partial charge in [0.2, 0.25) is 0 Å². The van der Waals surface area contributed by atoms with Gasteiger partial charge in [-0.2, -0.15) is 0 Å². The molecular weight excluding hydrogens is 172 g/mol. The Labute approximate surface area is 89.1 Å². The Hall–Kier alpha value is -0.0800. The molecule has 14 heavy (non-hydrogen) atoms. The van der Waals surface area contributed by atoms with Crippen LogP contribution < -0.4 is 5.32 Å². The molecule has 1 N–H and O–H groups in total. The fourth-order valence-corrected chi connectivity index (χ4v) is 2.36. The lowest BCUT2D eigenvalue weighted by Gasteiger charge is -2.30. The molecule has 0 aliphatic carbocycles. The van der Waals surface area contributed by atoms with Crippen molar-refractivity contribution in [3.8, 4) is 0 Å². The highest BCUT2D eigenvalue weighted by Crippen LogP contribution is 2.12. The summed E-state index contributed by atoms with van der Waals surface area (Å²) in [6.45, 7) is 9.56. The van der Waals surface area contributed by atoms with Gasteiger partial charge in [0.25, 0.3) is 0 Å². The quantitative estimate of drug-likeness (QED) is 0.729. The molecule has 2 heteroatoms. The van der Waals surface area contributed by atoms with Gasteiger partial charge in [-0.05, 0) is 45.3 Å². The monoisotopic (exact) mass is 198 g/mol. The van der Waals surface area contributed by atoms with E-state index in [2.05, 4.69) is 24.1 Å². The Balaban J connectivity index is 2.38. The second kappa shape index (κ2) is 7.24. The largest absolute Gasteiger partial charge is 0.315 e. The smallest absolute Gasteiger partial charge is 0.0220 e. The number of nitrogens with zero attached hydrogens (tertiary/aromatic N) is 1. The maximum Gasteiger partial charge on any atom is 0.0220 e. The van der Waals surface area contributed by atoms with Gasteiger partial charge < -0.3 is 5.32 Å². The van der Waals surface area contributed by atoms with Crippen molar-refractivity contribution in [3.05, 3.63) is 0 Å². The van der Waals surface area contributed by atoms with E-state index >= 15 is 0 Å². The molecule has 1 heterocycles. The highest BCUT2D eigenvalue weighted by atomic mass is 15.2. The third kappa shape index (κ3) is 3.97. The normalized spacial score (nSPS) is 23.8. The van der Waals surface area contributed by atoms with E-state index in [4.69, 9.17) is 0 Å². The predicted molar refractivity (Wildman–Crippen MR) is 62.7 cm³/mol. The Morgan fingerprint density at radius 1 is 1.14 bits per heavy atom. The molecule has 0 saturated carbocycles. The standard InChI is InChI=1S/C12H26N2/c1-3-9-14(10-4-2)12-7-5-6-8-13-11-12/h12-13H,3-11H2,1-2H3/t12-/m0/s1. The fourth-order valence-electron chi connectivity index (χ4n) is 2.36. The van der Waals surface area contributed by atoms with Crippen LogP contribution in [0.2, 0.25) is 0 Å². The molecule has 1 atom stereocenters. The Kier molecular flexibility index (Phi) is 6.20. The highest BCUT2D eigenvalue weighted by Gasteiger charge is 2.17. The molecule has 0 aromatic carbocycles. The molecule has 0 spiro atoms. The molecule has 0 amide bonds. The summed E-state index contributed by atoms with van der Waals surface area (Å²) in [6, 6.07) is 0.803. The zero-order chi connectivity index (χ0) is 10.2.